The van der Waals surface area contributed by atoms with Crippen LogP contribution in [0.25, 0.3) is 0 Å². The van der Waals surface area contributed by atoms with Gasteiger partial charge in [0.2, 0.25) is 5.91 Å². The van der Waals surface area contributed by atoms with Gasteiger partial charge in [-0.05, 0) is 38.1 Å². The Hall–Kier alpha value is -3.06. The Morgan fingerprint density at radius 3 is 2.29 bits per heavy atom. The highest BCUT2D eigenvalue weighted by atomic mass is 16.5. The Labute approximate surface area is 165 Å². The number of carbonyl (C=O) groups excluding carboxylic acids is 2. The standard InChI is InChI=1S/C21H26N2O5/c1-14-9-15(2)11-16(10-14)21(25)22-13-20(24)23-17-5-6-18(27-4)19(12-17)28-8-7-26-3/h5-6,9-12H,7-8,13H2,1-4H3,(H,22,25)(H,23,24). The average molecular weight is 386 g/mol. The van der Waals surface area contributed by atoms with Crippen molar-refractivity contribution in [3.63, 3.8) is 0 Å². The summed E-state index contributed by atoms with van der Waals surface area (Å²) in [5.41, 5.74) is 3.06. The predicted octanol–water partition coefficient (Wildman–Crippen LogP) is 2.71. The van der Waals surface area contributed by atoms with Gasteiger partial charge >= 0.3 is 0 Å². The highest BCUT2D eigenvalue weighted by Crippen LogP contribution is 2.30. The highest BCUT2D eigenvalue weighted by molar-refractivity contribution is 5.99. The zero-order valence-corrected chi connectivity index (χ0v) is 16.6. The maximum atomic E-state index is 12.3. The van der Waals surface area contributed by atoms with Gasteiger partial charge in [0.1, 0.15) is 6.61 Å². The molecule has 0 unspecified atom stereocenters. The molecule has 7 nitrogen and oxygen atoms in total. The molecule has 2 rings (SSSR count). The number of amides is 2. The predicted molar refractivity (Wildman–Crippen MR) is 107 cm³/mol. The minimum absolute atomic E-state index is 0.141. The third kappa shape index (κ3) is 6.28. The van der Waals surface area contributed by atoms with E-state index >= 15 is 0 Å². The number of nitrogens with one attached hydrogen (secondary N) is 2. The lowest BCUT2D eigenvalue weighted by Gasteiger charge is -2.13. The van der Waals surface area contributed by atoms with Crippen LogP contribution in [-0.4, -0.2) is 45.8 Å². The molecule has 0 radical (unpaired) electrons. The number of rotatable bonds is 9. The molecule has 0 spiro atoms. The van der Waals surface area contributed by atoms with E-state index in [1.54, 1.807) is 44.6 Å². The molecule has 150 valence electrons. The van der Waals surface area contributed by atoms with Crippen LogP contribution in [-0.2, 0) is 9.53 Å². The Bertz CT molecular complexity index is 815. The number of carbonyl (C=O) groups is 2. The first kappa shape index (κ1) is 21.2. The molecule has 0 aliphatic carbocycles. The van der Waals surface area contributed by atoms with Crippen LogP contribution in [0.2, 0.25) is 0 Å². The largest absolute Gasteiger partial charge is 0.493 e. The van der Waals surface area contributed by atoms with E-state index in [0.29, 0.717) is 36.0 Å². The zero-order valence-electron chi connectivity index (χ0n) is 16.6. The molecule has 0 saturated carbocycles. The smallest absolute Gasteiger partial charge is 0.251 e. The maximum absolute atomic E-state index is 12.3. The van der Waals surface area contributed by atoms with Crippen molar-refractivity contribution in [3.05, 3.63) is 53.1 Å². The molecule has 0 aromatic heterocycles. The van der Waals surface area contributed by atoms with Gasteiger partial charge < -0.3 is 24.8 Å². The van der Waals surface area contributed by atoms with E-state index in [4.69, 9.17) is 14.2 Å². The SMILES string of the molecule is COCCOc1cc(NC(=O)CNC(=O)c2cc(C)cc(C)c2)ccc1OC. The summed E-state index contributed by atoms with van der Waals surface area (Å²) in [6.45, 7) is 4.50. The molecule has 2 N–H and O–H groups in total. The normalized spacial score (nSPS) is 10.3. The second-order valence-corrected chi connectivity index (χ2v) is 6.31. The molecular formula is C21H26N2O5. The molecule has 0 saturated heterocycles. The number of hydrogen-bond acceptors (Lipinski definition) is 5. The van der Waals surface area contributed by atoms with Crippen molar-refractivity contribution in [2.24, 2.45) is 0 Å². The van der Waals surface area contributed by atoms with Gasteiger partial charge in [-0.1, -0.05) is 17.2 Å². The van der Waals surface area contributed by atoms with Gasteiger partial charge in [-0.3, -0.25) is 9.59 Å². The lowest BCUT2D eigenvalue weighted by atomic mass is 10.1. The third-order valence-corrected chi connectivity index (χ3v) is 3.89. The van der Waals surface area contributed by atoms with Crippen molar-refractivity contribution in [1.82, 2.24) is 5.32 Å². The molecule has 2 aromatic carbocycles. The summed E-state index contributed by atoms with van der Waals surface area (Å²) in [7, 11) is 3.13. The van der Waals surface area contributed by atoms with Gasteiger partial charge in [-0.15, -0.1) is 0 Å². The number of aryl methyl sites for hydroxylation is 2. The van der Waals surface area contributed by atoms with E-state index in [1.807, 2.05) is 19.9 Å². The van der Waals surface area contributed by atoms with Crippen molar-refractivity contribution in [3.8, 4) is 11.5 Å². The van der Waals surface area contributed by atoms with Crippen LogP contribution in [0, 0.1) is 13.8 Å². The Kier molecular flexibility index (Phi) is 7.83. The monoisotopic (exact) mass is 386 g/mol. The van der Waals surface area contributed by atoms with Gasteiger partial charge in [0.25, 0.3) is 5.91 Å². The minimum Gasteiger partial charge on any atom is -0.493 e. The number of anilines is 1. The van der Waals surface area contributed by atoms with Crippen LogP contribution in [0.1, 0.15) is 21.5 Å². The number of ether oxygens (including phenoxy) is 3. The molecule has 2 aromatic rings. The first-order chi connectivity index (χ1) is 13.4. The van der Waals surface area contributed by atoms with E-state index in [1.165, 1.54) is 0 Å². The summed E-state index contributed by atoms with van der Waals surface area (Å²) in [6, 6.07) is 10.6. The lowest BCUT2D eigenvalue weighted by Crippen LogP contribution is -2.32. The molecule has 0 aliphatic rings. The van der Waals surface area contributed by atoms with Crippen molar-refractivity contribution in [1.29, 1.82) is 0 Å². The van der Waals surface area contributed by atoms with Gasteiger partial charge in [0.05, 0.1) is 20.3 Å². The lowest BCUT2D eigenvalue weighted by molar-refractivity contribution is -0.115. The van der Waals surface area contributed by atoms with Crippen LogP contribution in [0.3, 0.4) is 0 Å². The van der Waals surface area contributed by atoms with Gasteiger partial charge in [0.15, 0.2) is 11.5 Å². The maximum Gasteiger partial charge on any atom is 0.251 e. The second-order valence-electron chi connectivity index (χ2n) is 6.31. The van der Waals surface area contributed by atoms with Gasteiger partial charge in [0, 0.05) is 24.4 Å². The van der Waals surface area contributed by atoms with Crippen molar-refractivity contribution in [2.45, 2.75) is 13.8 Å². The molecule has 0 fully saturated rings. The van der Waals surface area contributed by atoms with Crippen molar-refractivity contribution >= 4 is 17.5 Å². The van der Waals surface area contributed by atoms with Crippen molar-refractivity contribution < 1.29 is 23.8 Å². The first-order valence-corrected chi connectivity index (χ1v) is 8.89. The van der Waals surface area contributed by atoms with Gasteiger partial charge in [-0.2, -0.15) is 0 Å². The van der Waals surface area contributed by atoms with Crippen LogP contribution in [0.4, 0.5) is 5.69 Å². The zero-order chi connectivity index (χ0) is 20.5. The summed E-state index contributed by atoms with van der Waals surface area (Å²) in [5.74, 6) is 0.417. The Morgan fingerprint density at radius 1 is 0.929 bits per heavy atom. The Balaban J connectivity index is 1.94. The highest BCUT2D eigenvalue weighted by Gasteiger charge is 2.11. The summed E-state index contributed by atoms with van der Waals surface area (Å²) in [6.07, 6.45) is 0. The molecule has 0 heterocycles. The van der Waals surface area contributed by atoms with E-state index < -0.39 is 0 Å². The van der Waals surface area contributed by atoms with E-state index in [2.05, 4.69) is 10.6 Å². The molecule has 2 amide bonds. The van der Waals surface area contributed by atoms with Crippen LogP contribution in [0.5, 0.6) is 11.5 Å². The molecule has 0 atom stereocenters. The van der Waals surface area contributed by atoms with Crippen molar-refractivity contribution in [2.75, 3.05) is 39.3 Å². The summed E-state index contributed by atoms with van der Waals surface area (Å²) < 4.78 is 15.8. The fraction of sp³-hybridized carbons (Fsp3) is 0.333. The first-order valence-electron chi connectivity index (χ1n) is 8.89. The van der Waals surface area contributed by atoms with E-state index in [0.717, 1.165) is 11.1 Å². The summed E-state index contributed by atoms with van der Waals surface area (Å²) in [4.78, 5) is 24.4. The van der Waals surface area contributed by atoms with Crippen LogP contribution < -0.4 is 20.1 Å². The third-order valence-electron chi connectivity index (χ3n) is 3.89. The average Bonchev–Trinajstić information content (AvgIpc) is 2.66. The van der Waals surface area contributed by atoms with Crippen LogP contribution >= 0.6 is 0 Å². The minimum atomic E-state index is -0.342. The molecular weight excluding hydrogens is 360 g/mol. The van der Waals surface area contributed by atoms with Crippen LogP contribution in [0.15, 0.2) is 36.4 Å². The Morgan fingerprint density at radius 2 is 1.64 bits per heavy atom. The topological polar surface area (TPSA) is 85.9 Å². The molecule has 0 aliphatic heterocycles. The van der Waals surface area contributed by atoms with Gasteiger partial charge in [-0.25, -0.2) is 0 Å². The molecule has 0 bridgehead atoms. The molecule has 28 heavy (non-hydrogen) atoms. The summed E-state index contributed by atoms with van der Waals surface area (Å²) in [5, 5.41) is 5.36. The fourth-order valence-electron chi connectivity index (χ4n) is 2.68. The fourth-order valence-corrected chi connectivity index (χ4v) is 2.68. The number of benzene rings is 2. The molecule has 7 heteroatoms. The second kappa shape index (κ2) is 10.3. The number of hydrogen-bond donors (Lipinski definition) is 2. The van der Waals surface area contributed by atoms with E-state index in [9.17, 15) is 9.59 Å². The quantitative estimate of drug-likeness (QED) is 0.647. The number of methoxy groups -OCH3 is 2. The summed E-state index contributed by atoms with van der Waals surface area (Å²) >= 11 is 0. The van der Waals surface area contributed by atoms with E-state index in [-0.39, 0.29) is 18.4 Å².